The van der Waals surface area contributed by atoms with E-state index in [1.165, 1.54) is 11.4 Å². The van der Waals surface area contributed by atoms with Crippen molar-refractivity contribution in [2.75, 3.05) is 30.4 Å². The maximum absolute atomic E-state index is 5.74. The van der Waals surface area contributed by atoms with Crippen LogP contribution < -0.4 is 16.0 Å². The topological polar surface area (TPSA) is 41.3 Å². The molecule has 3 heteroatoms. The van der Waals surface area contributed by atoms with E-state index < -0.39 is 0 Å². The summed E-state index contributed by atoms with van der Waals surface area (Å²) >= 11 is 0. The molecule has 0 atom stereocenters. The molecule has 1 heterocycles. The third-order valence-corrected chi connectivity index (χ3v) is 2.42. The minimum absolute atomic E-state index is 0.352. The lowest BCUT2D eigenvalue weighted by atomic mass is 10.1. The number of nitrogens with zero attached hydrogens (tertiary/aromatic N) is 1. The van der Waals surface area contributed by atoms with Crippen LogP contribution in [-0.4, -0.2) is 26.2 Å². The van der Waals surface area contributed by atoms with Crippen LogP contribution in [0, 0.1) is 0 Å². The summed E-state index contributed by atoms with van der Waals surface area (Å²) in [5, 5.41) is 3.18. The summed E-state index contributed by atoms with van der Waals surface area (Å²) in [6.07, 6.45) is 0. The molecule has 0 amide bonds. The number of nitrogens with two attached hydrogens (primary N) is 1. The van der Waals surface area contributed by atoms with Crippen molar-refractivity contribution in [3.63, 3.8) is 0 Å². The maximum atomic E-state index is 5.74. The van der Waals surface area contributed by atoms with Crippen LogP contribution in [0.15, 0.2) is 24.3 Å². The smallest absolute Gasteiger partial charge is 0.0603 e. The van der Waals surface area contributed by atoms with Gasteiger partial charge in [-0.25, -0.2) is 0 Å². The van der Waals surface area contributed by atoms with Crippen molar-refractivity contribution in [1.29, 1.82) is 0 Å². The maximum Gasteiger partial charge on any atom is 0.0603 e. The van der Waals surface area contributed by atoms with Crippen LogP contribution in [0.3, 0.4) is 0 Å². The summed E-state index contributed by atoms with van der Waals surface area (Å²) in [5.74, 6) is 0. The zero-order valence-corrected chi connectivity index (χ0v) is 7.83. The number of benzene rings is 1. The van der Waals surface area contributed by atoms with Crippen molar-refractivity contribution in [2.24, 2.45) is 5.73 Å². The zero-order valence-electron chi connectivity index (χ0n) is 7.83. The van der Waals surface area contributed by atoms with E-state index in [-0.39, 0.29) is 0 Å². The molecule has 1 aromatic carbocycles. The second-order valence-electron chi connectivity index (χ2n) is 3.43. The Balaban J connectivity index is 2.19. The van der Waals surface area contributed by atoms with Gasteiger partial charge in [0.1, 0.15) is 0 Å². The van der Waals surface area contributed by atoms with Gasteiger partial charge in [0, 0.05) is 26.2 Å². The fourth-order valence-electron chi connectivity index (χ4n) is 1.67. The summed E-state index contributed by atoms with van der Waals surface area (Å²) in [4.78, 5) is 2.29. The third kappa shape index (κ3) is 1.47. The molecule has 0 aliphatic carbocycles. The van der Waals surface area contributed by atoms with Crippen LogP contribution in [0.5, 0.6) is 0 Å². The Morgan fingerprint density at radius 3 is 2.69 bits per heavy atom. The first-order valence-corrected chi connectivity index (χ1v) is 4.58. The van der Waals surface area contributed by atoms with E-state index in [0.717, 1.165) is 13.1 Å². The van der Waals surface area contributed by atoms with Gasteiger partial charge in [-0.1, -0.05) is 12.1 Å². The van der Waals surface area contributed by atoms with Crippen molar-refractivity contribution in [3.8, 4) is 0 Å². The van der Waals surface area contributed by atoms with Gasteiger partial charge in [-0.2, -0.15) is 0 Å². The molecule has 1 aliphatic rings. The Hall–Kier alpha value is -1.22. The van der Waals surface area contributed by atoms with E-state index in [9.17, 15) is 0 Å². The van der Waals surface area contributed by atoms with Crippen molar-refractivity contribution in [1.82, 2.24) is 0 Å². The van der Waals surface area contributed by atoms with Gasteiger partial charge in [0.25, 0.3) is 0 Å². The van der Waals surface area contributed by atoms with Gasteiger partial charge in [-0.15, -0.1) is 0 Å². The van der Waals surface area contributed by atoms with Crippen molar-refractivity contribution in [3.05, 3.63) is 24.3 Å². The molecule has 0 bridgehead atoms. The predicted octanol–water partition coefficient (Wildman–Crippen LogP) is 0.876. The molecule has 1 aliphatic heterocycles. The number of hydrogen-bond donors (Lipinski definition) is 2. The molecule has 2 rings (SSSR count). The third-order valence-electron chi connectivity index (χ3n) is 2.42. The van der Waals surface area contributed by atoms with E-state index >= 15 is 0 Å². The first-order valence-electron chi connectivity index (χ1n) is 4.58. The molecule has 3 N–H and O–H groups in total. The van der Waals surface area contributed by atoms with Crippen LogP contribution in [0.1, 0.15) is 0 Å². The SMILES string of the molecule is CNc1ccccc1N1CC(N)C1. The average molecular weight is 177 g/mol. The molecule has 0 aromatic heterocycles. The number of nitrogens with one attached hydrogen (secondary N) is 1. The lowest BCUT2D eigenvalue weighted by Gasteiger charge is -2.39. The van der Waals surface area contributed by atoms with Gasteiger partial charge in [0.05, 0.1) is 11.4 Å². The molecular weight excluding hydrogens is 162 g/mol. The number of rotatable bonds is 2. The highest BCUT2D eigenvalue weighted by molar-refractivity contribution is 5.70. The first-order chi connectivity index (χ1) is 6.31. The van der Waals surface area contributed by atoms with Gasteiger partial charge < -0.3 is 16.0 Å². The lowest BCUT2D eigenvalue weighted by Crippen LogP contribution is -2.56. The minimum atomic E-state index is 0.352. The van der Waals surface area contributed by atoms with E-state index in [1.807, 2.05) is 13.1 Å². The first kappa shape index (κ1) is 8.38. The summed E-state index contributed by atoms with van der Waals surface area (Å²) in [5.41, 5.74) is 8.17. The van der Waals surface area contributed by atoms with Crippen LogP contribution in [0.25, 0.3) is 0 Å². The molecule has 3 nitrogen and oxygen atoms in total. The monoisotopic (exact) mass is 177 g/mol. The molecular formula is C10H15N3. The molecule has 70 valence electrons. The highest BCUT2D eigenvalue weighted by Crippen LogP contribution is 2.28. The number of hydrogen-bond acceptors (Lipinski definition) is 3. The predicted molar refractivity (Wildman–Crippen MR) is 56.2 cm³/mol. The van der Waals surface area contributed by atoms with Crippen LogP contribution in [0.2, 0.25) is 0 Å². The van der Waals surface area contributed by atoms with E-state index in [0.29, 0.717) is 6.04 Å². The normalized spacial score (nSPS) is 16.9. The zero-order chi connectivity index (χ0) is 9.26. The molecule has 0 unspecified atom stereocenters. The highest BCUT2D eigenvalue weighted by Gasteiger charge is 2.24. The second-order valence-corrected chi connectivity index (χ2v) is 3.43. The van der Waals surface area contributed by atoms with Crippen molar-refractivity contribution < 1.29 is 0 Å². The number of anilines is 2. The second kappa shape index (κ2) is 3.26. The van der Waals surface area contributed by atoms with Gasteiger partial charge >= 0.3 is 0 Å². The molecule has 1 aromatic rings. The van der Waals surface area contributed by atoms with Crippen molar-refractivity contribution >= 4 is 11.4 Å². The Kier molecular flexibility index (Phi) is 2.10. The van der Waals surface area contributed by atoms with Crippen LogP contribution >= 0.6 is 0 Å². The summed E-state index contributed by atoms with van der Waals surface area (Å²) < 4.78 is 0. The molecule has 1 saturated heterocycles. The van der Waals surface area contributed by atoms with E-state index in [2.05, 4.69) is 28.4 Å². The fourth-order valence-corrected chi connectivity index (χ4v) is 1.67. The lowest BCUT2D eigenvalue weighted by molar-refractivity contribution is 0.520. The number of para-hydroxylation sites is 2. The van der Waals surface area contributed by atoms with Gasteiger partial charge in [-0.05, 0) is 12.1 Å². The van der Waals surface area contributed by atoms with E-state index in [4.69, 9.17) is 5.73 Å². The summed E-state index contributed by atoms with van der Waals surface area (Å²) in [6, 6.07) is 8.65. The standard InChI is InChI=1S/C10H15N3/c1-12-9-4-2-3-5-10(9)13-6-8(11)7-13/h2-5,8,12H,6-7,11H2,1H3. The van der Waals surface area contributed by atoms with Crippen LogP contribution in [0.4, 0.5) is 11.4 Å². The van der Waals surface area contributed by atoms with Gasteiger partial charge in [0.15, 0.2) is 0 Å². The minimum Gasteiger partial charge on any atom is -0.386 e. The fraction of sp³-hybridized carbons (Fsp3) is 0.400. The Labute approximate surface area is 78.5 Å². The Bertz CT molecular complexity index is 292. The molecule has 0 saturated carbocycles. The average Bonchev–Trinajstić information content (AvgIpc) is 2.13. The quantitative estimate of drug-likeness (QED) is 0.704. The summed E-state index contributed by atoms with van der Waals surface area (Å²) in [6.45, 7) is 1.94. The molecule has 1 fully saturated rings. The van der Waals surface area contributed by atoms with Crippen LogP contribution in [-0.2, 0) is 0 Å². The Morgan fingerprint density at radius 2 is 2.08 bits per heavy atom. The molecule has 0 spiro atoms. The molecule has 0 radical (unpaired) electrons. The van der Waals surface area contributed by atoms with E-state index in [1.54, 1.807) is 0 Å². The highest BCUT2D eigenvalue weighted by atomic mass is 15.2. The largest absolute Gasteiger partial charge is 0.386 e. The van der Waals surface area contributed by atoms with Gasteiger partial charge in [0.2, 0.25) is 0 Å². The van der Waals surface area contributed by atoms with Gasteiger partial charge in [-0.3, -0.25) is 0 Å². The summed E-state index contributed by atoms with van der Waals surface area (Å²) in [7, 11) is 1.94. The Morgan fingerprint density at radius 1 is 1.38 bits per heavy atom. The molecule has 13 heavy (non-hydrogen) atoms. The van der Waals surface area contributed by atoms with Crippen molar-refractivity contribution in [2.45, 2.75) is 6.04 Å².